The highest BCUT2D eigenvalue weighted by Gasteiger charge is 2.04. The Labute approximate surface area is 59.9 Å². The summed E-state index contributed by atoms with van der Waals surface area (Å²) >= 11 is 0. The number of halogens is 1. The summed E-state index contributed by atoms with van der Waals surface area (Å²) in [5.41, 5.74) is 1.04. The van der Waals surface area contributed by atoms with Gasteiger partial charge in [0, 0.05) is 13.0 Å². The molecule has 0 aromatic rings. The molecule has 0 amide bonds. The Bertz CT molecular complexity index is 161. The van der Waals surface area contributed by atoms with Gasteiger partial charge in [0.2, 0.25) is 0 Å². The van der Waals surface area contributed by atoms with Crippen molar-refractivity contribution in [3.63, 3.8) is 0 Å². The molecule has 0 heterocycles. The molecule has 1 aliphatic carbocycles. The molecule has 0 aromatic carbocycles. The number of rotatable bonds is 2. The molecule has 1 unspecified atom stereocenters. The first-order valence-corrected chi connectivity index (χ1v) is 3.45. The Morgan fingerprint density at radius 3 is 3.00 bits per heavy atom. The van der Waals surface area contributed by atoms with E-state index in [0.717, 1.165) is 5.57 Å². The Balaban J connectivity index is 2.42. The van der Waals surface area contributed by atoms with Gasteiger partial charge in [-0.05, 0) is 12.0 Å². The first-order valence-electron chi connectivity index (χ1n) is 3.45. The van der Waals surface area contributed by atoms with Crippen molar-refractivity contribution in [3.8, 4) is 0 Å². The molecule has 1 atom stereocenters. The van der Waals surface area contributed by atoms with Crippen LogP contribution in [0.5, 0.6) is 0 Å². The minimum Gasteiger partial charge on any atom is -0.396 e. The molecule has 56 valence electrons. The van der Waals surface area contributed by atoms with Gasteiger partial charge in [0.15, 0.2) is 0 Å². The third kappa shape index (κ3) is 1.95. The molecule has 1 aliphatic rings. The normalized spacial score (nSPS) is 24.6. The van der Waals surface area contributed by atoms with Crippen LogP contribution >= 0.6 is 0 Å². The van der Waals surface area contributed by atoms with E-state index in [1.165, 1.54) is 6.08 Å². The molecule has 0 saturated heterocycles. The SMILES string of the molecule is OCCC1=CCC(F)C=C1. The van der Waals surface area contributed by atoms with Crippen LogP contribution in [-0.4, -0.2) is 17.9 Å². The maximum atomic E-state index is 12.4. The zero-order valence-corrected chi connectivity index (χ0v) is 5.76. The molecular formula is C8H11FO. The van der Waals surface area contributed by atoms with Gasteiger partial charge in [0.1, 0.15) is 6.17 Å². The van der Waals surface area contributed by atoms with Gasteiger partial charge in [-0.25, -0.2) is 4.39 Å². The summed E-state index contributed by atoms with van der Waals surface area (Å²) in [5, 5.41) is 8.52. The van der Waals surface area contributed by atoms with Crippen molar-refractivity contribution < 1.29 is 9.50 Å². The van der Waals surface area contributed by atoms with E-state index in [0.29, 0.717) is 12.8 Å². The maximum absolute atomic E-state index is 12.4. The van der Waals surface area contributed by atoms with Gasteiger partial charge in [0.05, 0.1) is 0 Å². The fourth-order valence-electron chi connectivity index (χ4n) is 0.953. The molecule has 1 nitrogen and oxygen atoms in total. The van der Waals surface area contributed by atoms with Gasteiger partial charge in [-0.3, -0.25) is 0 Å². The molecule has 2 heteroatoms. The highest BCUT2D eigenvalue weighted by Crippen LogP contribution is 2.14. The van der Waals surface area contributed by atoms with Gasteiger partial charge >= 0.3 is 0 Å². The number of aliphatic hydroxyl groups excluding tert-OH is 1. The molecule has 0 fully saturated rings. The van der Waals surface area contributed by atoms with E-state index in [1.807, 2.05) is 6.08 Å². The van der Waals surface area contributed by atoms with Crippen LogP contribution in [0.2, 0.25) is 0 Å². The smallest absolute Gasteiger partial charge is 0.122 e. The number of alkyl halides is 1. The molecule has 0 aromatic heterocycles. The lowest BCUT2D eigenvalue weighted by molar-refractivity contribution is 0.299. The molecule has 0 bridgehead atoms. The van der Waals surface area contributed by atoms with Gasteiger partial charge < -0.3 is 5.11 Å². The standard InChI is InChI=1S/C8H11FO/c9-8-3-1-7(2-4-8)5-6-10/h1-3,8,10H,4-6H2. The van der Waals surface area contributed by atoms with Gasteiger partial charge in [-0.2, -0.15) is 0 Å². The summed E-state index contributed by atoms with van der Waals surface area (Å²) in [4.78, 5) is 0. The Kier molecular flexibility index (Phi) is 2.63. The third-order valence-corrected chi connectivity index (χ3v) is 1.52. The van der Waals surface area contributed by atoms with Gasteiger partial charge in [-0.15, -0.1) is 0 Å². The predicted octanol–water partition coefficient (Wildman–Crippen LogP) is 1.59. The van der Waals surface area contributed by atoms with E-state index in [9.17, 15) is 4.39 Å². The van der Waals surface area contributed by atoms with Crippen molar-refractivity contribution in [3.05, 3.63) is 23.8 Å². The molecule has 0 aliphatic heterocycles. The van der Waals surface area contributed by atoms with E-state index < -0.39 is 6.17 Å². The Hall–Kier alpha value is -0.630. The molecule has 10 heavy (non-hydrogen) atoms. The van der Waals surface area contributed by atoms with Crippen LogP contribution in [0.4, 0.5) is 4.39 Å². The molecule has 0 spiro atoms. The van der Waals surface area contributed by atoms with Crippen LogP contribution in [0.1, 0.15) is 12.8 Å². The van der Waals surface area contributed by atoms with Crippen LogP contribution in [0.3, 0.4) is 0 Å². The highest BCUT2D eigenvalue weighted by molar-refractivity contribution is 5.24. The average Bonchev–Trinajstić information content (AvgIpc) is 1.95. The second kappa shape index (κ2) is 3.52. The van der Waals surface area contributed by atoms with E-state index in [1.54, 1.807) is 6.08 Å². The molecular weight excluding hydrogens is 131 g/mol. The predicted molar refractivity (Wildman–Crippen MR) is 38.4 cm³/mol. The number of allylic oxidation sites excluding steroid dienone is 3. The number of aliphatic hydroxyl groups is 1. The number of hydrogen-bond acceptors (Lipinski definition) is 1. The zero-order chi connectivity index (χ0) is 7.40. The summed E-state index contributed by atoms with van der Waals surface area (Å²) in [6.07, 6.45) is 5.40. The fraction of sp³-hybridized carbons (Fsp3) is 0.500. The van der Waals surface area contributed by atoms with E-state index >= 15 is 0 Å². The summed E-state index contributed by atoms with van der Waals surface area (Å²) in [7, 11) is 0. The lowest BCUT2D eigenvalue weighted by Crippen LogP contribution is -1.99. The summed E-state index contributed by atoms with van der Waals surface area (Å²) in [6.45, 7) is 0.146. The minimum atomic E-state index is -0.817. The van der Waals surface area contributed by atoms with Crippen molar-refractivity contribution >= 4 is 0 Å². The molecule has 0 saturated carbocycles. The first kappa shape index (κ1) is 7.48. The second-order valence-corrected chi connectivity index (χ2v) is 2.36. The molecule has 1 N–H and O–H groups in total. The lowest BCUT2D eigenvalue weighted by Gasteiger charge is -2.07. The molecule has 1 rings (SSSR count). The lowest BCUT2D eigenvalue weighted by atomic mass is 10.0. The third-order valence-electron chi connectivity index (χ3n) is 1.52. The van der Waals surface area contributed by atoms with Crippen molar-refractivity contribution in [1.29, 1.82) is 0 Å². The summed E-state index contributed by atoms with van der Waals surface area (Å²) in [6, 6.07) is 0. The molecule has 0 radical (unpaired) electrons. The monoisotopic (exact) mass is 142 g/mol. The minimum absolute atomic E-state index is 0.146. The maximum Gasteiger partial charge on any atom is 0.122 e. The van der Waals surface area contributed by atoms with Crippen LogP contribution in [0.15, 0.2) is 23.8 Å². The van der Waals surface area contributed by atoms with Crippen LogP contribution < -0.4 is 0 Å². The Morgan fingerprint density at radius 2 is 2.50 bits per heavy atom. The number of hydrogen-bond donors (Lipinski definition) is 1. The van der Waals surface area contributed by atoms with Crippen molar-refractivity contribution in [2.75, 3.05) is 6.61 Å². The van der Waals surface area contributed by atoms with E-state index in [4.69, 9.17) is 5.11 Å². The fourth-order valence-corrected chi connectivity index (χ4v) is 0.953. The summed E-state index contributed by atoms with van der Waals surface area (Å²) < 4.78 is 12.4. The van der Waals surface area contributed by atoms with E-state index in [2.05, 4.69) is 0 Å². The van der Waals surface area contributed by atoms with E-state index in [-0.39, 0.29) is 6.61 Å². The quantitative estimate of drug-likeness (QED) is 0.620. The zero-order valence-electron chi connectivity index (χ0n) is 5.76. The largest absolute Gasteiger partial charge is 0.396 e. The Morgan fingerprint density at radius 1 is 1.70 bits per heavy atom. The van der Waals surface area contributed by atoms with Crippen LogP contribution in [0, 0.1) is 0 Å². The first-order chi connectivity index (χ1) is 4.83. The summed E-state index contributed by atoms with van der Waals surface area (Å²) in [5.74, 6) is 0. The topological polar surface area (TPSA) is 20.2 Å². The highest BCUT2D eigenvalue weighted by atomic mass is 19.1. The van der Waals surface area contributed by atoms with Gasteiger partial charge in [0.25, 0.3) is 0 Å². The van der Waals surface area contributed by atoms with Crippen molar-refractivity contribution in [2.24, 2.45) is 0 Å². The van der Waals surface area contributed by atoms with Gasteiger partial charge in [-0.1, -0.05) is 18.2 Å². The average molecular weight is 142 g/mol. The van der Waals surface area contributed by atoms with Crippen molar-refractivity contribution in [2.45, 2.75) is 19.0 Å². The van der Waals surface area contributed by atoms with Crippen molar-refractivity contribution in [1.82, 2.24) is 0 Å². The van der Waals surface area contributed by atoms with Crippen LogP contribution in [0.25, 0.3) is 0 Å². The second-order valence-electron chi connectivity index (χ2n) is 2.36. The van der Waals surface area contributed by atoms with Crippen LogP contribution in [-0.2, 0) is 0 Å².